The van der Waals surface area contributed by atoms with Crippen LogP contribution in [0.3, 0.4) is 0 Å². The lowest BCUT2D eigenvalue weighted by Crippen LogP contribution is -2.75. The molecule has 0 bridgehead atoms. The molecule has 38 heavy (non-hydrogen) atoms. The van der Waals surface area contributed by atoms with Crippen molar-refractivity contribution in [3.8, 4) is 0 Å². The predicted molar refractivity (Wildman–Crippen MR) is 86.0 cm³/mol. The predicted octanol–water partition coefficient (Wildman–Crippen LogP) is 6.48. The first-order valence-electron chi connectivity index (χ1n) is 8.77. The highest BCUT2D eigenvalue weighted by Gasteiger charge is 2.95. The van der Waals surface area contributed by atoms with Crippen LogP contribution in [0.4, 0.5) is 83.4 Å². The summed E-state index contributed by atoms with van der Waals surface area (Å²) in [6, 6.07) is 0. The zero-order valence-electron chi connectivity index (χ0n) is 18.0. The second-order valence-corrected chi connectivity index (χ2v) is 8.57. The second-order valence-electron chi connectivity index (χ2n) is 7.11. The Morgan fingerprint density at radius 3 is 1.05 bits per heavy atom. The third-order valence-corrected chi connectivity index (χ3v) is 4.98. The fourth-order valence-electron chi connectivity index (χ4n) is 2.03. The lowest BCUT2D eigenvalue weighted by molar-refractivity contribution is -0.449. The fraction of sp³-hybridized carbons (Fsp3) is 1.00. The van der Waals surface area contributed by atoms with Gasteiger partial charge in [-0.05, 0) is 20.5 Å². The lowest BCUT2D eigenvalue weighted by Gasteiger charge is -2.43. The Morgan fingerprint density at radius 1 is 0.526 bits per heavy atom. The summed E-state index contributed by atoms with van der Waals surface area (Å²) in [5, 5.41) is -5.14. The van der Waals surface area contributed by atoms with E-state index in [0.717, 1.165) is 0 Å². The van der Waals surface area contributed by atoms with Crippen molar-refractivity contribution in [2.24, 2.45) is 0 Å². The van der Waals surface area contributed by atoms with Crippen LogP contribution in [0.25, 0.3) is 0 Å². The van der Waals surface area contributed by atoms with Crippen LogP contribution in [-0.2, 0) is 10.1 Å². The van der Waals surface area contributed by atoms with Gasteiger partial charge in [0.25, 0.3) is 0 Å². The molecule has 0 aromatic heterocycles. The zero-order valence-corrected chi connectivity index (χ0v) is 18.8. The number of rotatable bonds is 11. The summed E-state index contributed by atoms with van der Waals surface area (Å²) in [5.41, 5.74) is 0. The molecule has 0 radical (unpaired) electrons. The van der Waals surface area contributed by atoms with Gasteiger partial charge in [-0.25, -0.2) is 0 Å². The summed E-state index contributed by atoms with van der Waals surface area (Å²) in [7, 11) is -4.20. The summed E-state index contributed by atoms with van der Waals surface area (Å²) in [6.45, 7) is 0. The van der Waals surface area contributed by atoms with E-state index in [1.165, 1.54) is 0 Å². The van der Waals surface area contributed by atoms with Gasteiger partial charge in [0.05, 0.1) is 0 Å². The highest BCUT2D eigenvalue weighted by molar-refractivity contribution is 7.87. The molecule has 0 fully saturated rings. The van der Waals surface area contributed by atoms with E-state index >= 15 is 0 Å². The molecule has 0 aromatic carbocycles. The molecule has 0 saturated carbocycles. The van der Waals surface area contributed by atoms with Crippen molar-refractivity contribution in [3.05, 3.63) is 0 Å². The van der Waals surface area contributed by atoms with Crippen LogP contribution in [0.2, 0.25) is 0 Å². The Bertz CT molecular complexity index is 897. The van der Waals surface area contributed by atoms with Crippen molar-refractivity contribution < 1.29 is 96.4 Å². The summed E-state index contributed by atoms with van der Waals surface area (Å²) in [5.74, 6) is -58.6. The lowest BCUT2D eigenvalue weighted by atomic mass is 9.88. The molecule has 0 saturated heterocycles. The normalized spacial score (nSPS) is 15.7. The molecule has 0 rings (SSSR count). The molecule has 0 aliphatic carbocycles. The Kier molecular flexibility index (Phi) is 11.0. The Morgan fingerprint density at radius 2 is 0.789 bits per heavy atom. The largest absolute Gasteiger partial charge is 0.438 e. The first kappa shape index (κ1) is 38.7. The maximum Gasteiger partial charge on any atom is 0.438 e. The molecule has 24 heteroatoms. The third-order valence-electron chi connectivity index (χ3n) is 4.07. The molecular formula is C14H14F19NO3S. The summed E-state index contributed by atoms with van der Waals surface area (Å²) >= 11 is 0. The molecule has 0 aliphatic rings. The van der Waals surface area contributed by atoms with Crippen molar-refractivity contribution in [2.45, 2.75) is 72.2 Å². The van der Waals surface area contributed by atoms with Gasteiger partial charge in [-0.15, -0.1) is 0 Å². The van der Waals surface area contributed by atoms with Crippen LogP contribution in [0.1, 0.15) is 19.3 Å². The minimum Gasteiger partial charge on any atom is -0.323 e. The van der Waals surface area contributed by atoms with Crippen LogP contribution >= 0.6 is 0 Å². The van der Waals surface area contributed by atoms with Crippen LogP contribution in [0.5, 0.6) is 0 Å². The molecule has 0 aliphatic heterocycles. The van der Waals surface area contributed by atoms with Crippen molar-refractivity contribution in [2.75, 3.05) is 14.1 Å². The van der Waals surface area contributed by atoms with Gasteiger partial charge >= 0.3 is 63.0 Å². The molecule has 2 N–H and O–H groups in total. The molecule has 0 heterocycles. The molecule has 0 spiro atoms. The van der Waals surface area contributed by atoms with E-state index in [2.05, 4.69) is 5.32 Å². The average Bonchev–Trinajstić information content (AvgIpc) is 2.65. The SMILES string of the molecule is CNC.O=S(=O)(O)C(F)(F)C(F)(F)C(F)(F)C(F)(F)C(F)(F)C(F)(F)C(F)(F)C(F)(F)CCCC(F)(F)F. The number of hydrogen-bond acceptors (Lipinski definition) is 3. The van der Waals surface area contributed by atoms with E-state index in [-0.39, 0.29) is 0 Å². The summed E-state index contributed by atoms with van der Waals surface area (Å²) in [4.78, 5) is 0. The number of hydrogen-bond donors (Lipinski definition) is 2. The molecule has 4 nitrogen and oxygen atoms in total. The molecule has 232 valence electrons. The maximum atomic E-state index is 13.5. The average molecular weight is 637 g/mol. The monoisotopic (exact) mass is 637 g/mol. The second kappa shape index (κ2) is 10.8. The molecule has 0 unspecified atom stereocenters. The third kappa shape index (κ3) is 6.30. The van der Waals surface area contributed by atoms with Crippen LogP contribution in [0.15, 0.2) is 0 Å². The molecule has 0 atom stereocenters. The van der Waals surface area contributed by atoms with Gasteiger partial charge in [0.1, 0.15) is 0 Å². The number of nitrogens with one attached hydrogen (secondary N) is 1. The van der Waals surface area contributed by atoms with Gasteiger partial charge in [-0.3, -0.25) is 4.55 Å². The van der Waals surface area contributed by atoms with E-state index in [9.17, 15) is 91.8 Å². The standard InChI is InChI=1S/C12H7F19O3S.C2H7N/c13-4(14,2-1-3-5(15,16)17)6(18,19)7(20,21)8(22,23)9(24,25)10(26,27)11(28,29)12(30,31)35(32,33)34;1-3-2/h1-3H2,(H,32,33,34);3H,1-2H3. The maximum absolute atomic E-state index is 13.5. The highest BCUT2D eigenvalue weighted by Crippen LogP contribution is 2.64. The quantitative estimate of drug-likeness (QED) is 0.201. The topological polar surface area (TPSA) is 66.4 Å². The van der Waals surface area contributed by atoms with Crippen molar-refractivity contribution >= 4 is 10.1 Å². The van der Waals surface area contributed by atoms with Gasteiger partial charge in [0.2, 0.25) is 0 Å². The van der Waals surface area contributed by atoms with Gasteiger partial charge in [0, 0.05) is 12.8 Å². The van der Waals surface area contributed by atoms with Crippen molar-refractivity contribution in [3.63, 3.8) is 0 Å². The van der Waals surface area contributed by atoms with Crippen LogP contribution < -0.4 is 5.32 Å². The van der Waals surface area contributed by atoms with Gasteiger partial charge in [0.15, 0.2) is 0 Å². The summed E-state index contributed by atoms with van der Waals surface area (Å²) in [6.07, 6.45) is -13.4. The summed E-state index contributed by atoms with van der Waals surface area (Å²) < 4.78 is 276. The Labute approximate surface area is 199 Å². The van der Waals surface area contributed by atoms with Gasteiger partial charge in [-0.1, -0.05) is 0 Å². The number of halogens is 19. The fourth-order valence-corrected chi connectivity index (χ4v) is 2.48. The van der Waals surface area contributed by atoms with E-state index in [4.69, 9.17) is 4.55 Å². The van der Waals surface area contributed by atoms with E-state index < -0.39 is 82.3 Å². The number of alkyl halides is 19. The Hall–Kier alpha value is -1.46. The van der Waals surface area contributed by atoms with Crippen molar-refractivity contribution in [1.82, 2.24) is 5.32 Å². The van der Waals surface area contributed by atoms with Crippen LogP contribution in [0, 0.1) is 0 Å². The Balaban J connectivity index is 0. The molecule has 0 amide bonds. The minimum absolute atomic E-state index is 1.88. The van der Waals surface area contributed by atoms with E-state index in [0.29, 0.717) is 0 Å². The van der Waals surface area contributed by atoms with E-state index in [1.807, 2.05) is 14.1 Å². The van der Waals surface area contributed by atoms with E-state index in [1.54, 1.807) is 0 Å². The highest BCUT2D eigenvalue weighted by atomic mass is 32.2. The van der Waals surface area contributed by atoms with Gasteiger partial charge in [-0.2, -0.15) is 91.8 Å². The zero-order chi connectivity index (χ0) is 31.8. The van der Waals surface area contributed by atoms with Crippen LogP contribution in [-0.4, -0.2) is 80.0 Å². The van der Waals surface area contributed by atoms with Gasteiger partial charge < -0.3 is 5.32 Å². The molecular weight excluding hydrogens is 623 g/mol. The smallest absolute Gasteiger partial charge is 0.323 e. The van der Waals surface area contributed by atoms with Crippen molar-refractivity contribution in [1.29, 1.82) is 0 Å². The first-order chi connectivity index (χ1) is 16.1. The first-order valence-corrected chi connectivity index (χ1v) is 10.2. The minimum atomic E-state index is -8.92. The molecule has 0 aromatic rings.